The van der Waals surface area contributed by atoms with Crippen molar-refractivity contribution in [2.24, 2.45) is 5.92 Å². The molecule has 0 bridgehead atoms. The summed E-state index contributed by atoms with van der Waals surface area (Å²) in [5, 5.41) is 1.40. The zero-order valence-electron chi connectivity index (χ0n) is 16.2. The van der Waals surface area contributed by atoms with E-state index in [1.807, 2.05) is 12.4 Å². The third kappa shape index (κ3) is 2.97. The third-order valence-electron chi connectivity index (χ3n) is 5.44. The van der Waals surface area contributed by atoms with Crippen molar-refractivity contribution in [2.45, 2.75) is 33.7 Å². The minimum atomic E-state index is 0.446. The number of benzene rings is 1. The van der Waals surface area contributed by atoms with Crippen LogP contribution in [0.15, 0.2) is 42.7 Å². The van der Waals surface area contributed by atoms with Crippen LogP contribution < -0.4 is 0 Å². The van der Waals surface area contributed by atoms with Crippen molar-refractivity contribution in [3.8, 4) is 0 Å². The van der Waals surface area contributed by atoms with Crippen molar-refractivity contribution in [3.05, 3.63) is 65.1 Å². The van der Waals surface area contributed by atoms with Gasteiger partial charge in [-0.05, 0) is 60.9 Å². The van der Waals surface area contributed by atoms with E-state index in [1.165, 1.54) is 38.9 Å². The second-order valence-electron chi connectivity index (χ2n) is 7.78. The van der Waals surface area contributed by atoms with Crippen molar-refractivity contribution in [2.75, 3.05) is 13.6 Å². The molecule has 3 heterocycles. The number of rotatable bonds is 3. The number of fused-ring (bicyclic) bond motifs is 3. The first-order chi connectivity index (χ1) is 12.5. The molecule has 0 spiro atoms. The first kappa shape index (κ1) is 17.0. The van der Waals surface area contributed by atoms with Gasteiger partial charge in [0.1, 0.15) is 0 Å². The minimum absolute atomic E-state index is 0.446. The van der Waals surface area contributed by atoms with Crippen molar-refractivity contribution >= 4 is 22.7 Å². The van der Waals surface area contributed by atoms with E-state index < -0.39 is 0 Å². The fraction of sp³-hybridized carbons (Fsp3) is 0.348. The Hall–Kier alpha value is -2.39. The van der Waals surface area contributed by atoms with Gasteiger partial charge >= 0.3 is 0 Å². The molecule has 1 aliphatic heterocycles. The summed E-state index contributed by atoms with van der Waals surface area (Å²) in [7, 11) is 2.22. The van der Waals surface area contributed by atoms with E-state index in [1.54, 1.807) is 0 Å². The van der Waals surface area contributed by atoms with Gasteiger partial charge in [-0.2, -0.15) is 0 Å². The normalized spacial score (nSPS) is 15.7. The van der Waals surface area contributed by atoms with E-state index in [-0.39, 0.29) is 0 Å². The quantitative estimate of drug-likeness (QED) is 0.667. The second-order valence-corrected chi connectivity index (χ2v) is 7.78. The zero-order valence-corrected chi connectivity index (χ0v) is 16.2. The fourth-order valence-corrected chi connectivity index (χ4v) is 4.03. The third-order valence-corrected chi connectivity index (χ3v) is 5.44. The maximum absolute atomic E-state index is 4.18. The molecule has 4 rings (SSSR count). The van der Waals surface area contributed by atoms with Gasteiger partial charge < -0.3 is 9.47 Å². The lowest BCUT2D eigenvalue weighted by Gasteiger charge is -2.24. The standard InChI is InChI=1S/C23H27N3/c1-16(2)20(18-7-10-24-11-8-18)15-26-22-6-5-17(3)13-19(22)21-14-25(4)12-9-23(21)26/h5-8,10-11,13,15-16H,9,12,14H2,1-4H3/b20-15+. The zero-order chi connectivity index (χ0) is 18.3. The molecular weight excluding hydrogens is 318 g/mol. The Morgan fingerprint density at radius 3 is 2.65 bits per heavy atom. The van der Waals surface area contributed by atoms with Crippen LogP contribution in [0.25, 0.3) is 22.7 Å². The molecular formula is C23H27N3. The fourth-order valence-electron chi connectivity index (χ4n) is 4.03. The van der Waals surface area contributed by atoms with Crippen LogP contribution in [0.1, 0.15) is 36.2 Å². The smallest absolute Gasteiger partial charge is 0.0529 e. The van der Waals surface area contributed by atoms with Crippen LogP contribution in [0.3, 0.4) is 0 Å². The Balaban J connectivity index is 1.96. The summed E-state index contributed by atoms with van der Waals surface area (Å²) < 4.78 is 2.45. The lowest BCUT2D eigenvalue weighted by atomic mass is 9.97. The Morgan fingerprint density at radius 1 is 1.15 bits per heavy atom. The number of pyridine rings is 1. The maximum Gasteiger partial charge on any atom is 0.0529 e. The van der Waals surface area contributed by atoms with Crippen molar-refractivity contribution in [1.29, 1.82) is 0 Å². The topological polar surface area (TPSA) is 21.1 Å². The molecule has 0 saturated carbocycles. The Morgan fingerprint density at radius 2 is 1.92 bits per heavy atom. The summed E-state index contributed by atoms with van der Waals surface area (Å²) >= 11 is 0. The Bertz CT molecular complexity index is 964. The van der Waals surface area contributed by atoms with Gasteiger partial charge in [-0.25, -0.2) is 0 Å². The minimum Gasteiger partial charge on any atom is -0.320 e. The molecule has 0 amide bonds. The van der Waals surface area contributed by atoms with Crippen LogP contribution in [0.5, 0.6) is 0 Å². The van der Waals surface area contributed by atoms with Crippen molar-refractivity contribution in [1.82, 2.24) is 14.5 Å². The van der Waals surface area contributed by atoms with Gasteiger partial charge in [-0.3, -0.25) is 4.98 Å². The predicted octanol–water partition coefficient (Wildman–Crippen LogP) is 4.99. The van der Waals surface area contributed by atoms with E-state index in [4.69, 9.17) is 0 Å². The highest BCUT2D eigenvalue weighted by atomic mass is 15.1. The number of aryl methyl sites for hydroxylation is 1. The van der Waals surface area contributed by atoms with Gasteiger partial charge in [0.15, 0.2) is 0 Å². The summed E-state index contributed by atoms with van der Waals surface area (Å²) in [6.07, 6.45) is 7.22. The van der Waals surface area contributed by atoms with Crippen LogP contribution in [-0.4, -0.2) is 28.0 Å². The average molecular weight is 345 g/mol. The highest BCUT2D eigenvalue weighted by Gasteiger charge is 2.22. The molecule has 134 valence electrons. The van der Waals surface area contributed by atoms with Crippen LogP contribution in [0, 0.1) is 12.8 Å². The molecule has 3 nitrogen and oxygen atoms in total. The molecule has 0 aliphatic carbocycles. The molecule has 0 radical (unpaired) electrons. The van der Waals surface area contributed by atoms with Gasteiger partial charge in [0, 0.05) is 49.2 Å². The summed E-state index contributed by atoms with van der Waals surface area (Å²) in [4.78, 5) is 6.60. The molecule has 26 heavy (non-hydrogen) atoms. The number of allylic oxidation sites excluding steroid dienone is 1. The summed E-state index contributed by atoms with van der Waals surface area (Å²) in [5.74, 6) is 0.446. The molecule has 0 saturated heterocycles. The molecule has 0 N–H and O–H groups in total. The van der Waals surface area contributed by atoms with Crippen LogP contribution in [0.2, 0.25) is 0 Å². The summed E-state index contributed by atoms with van der Waals surface area (Å²) in [6, 6.07) is 11.1. The van der Waals surface area contributed by atoms with E-state index in [0.717, 1.165) is 19.5 Å². The SMILES string of the molecule is Cc1ccc2c(c1)c1c(n2/C=C(/c2ccncc2)C(C)C)CCN(C)C1. The number of likely N-dealkylation sites (N-methyl/N-ethyl adjacent to an activating group) is 1. The largest absolute Gasteiger partial charge is 0.320 e. The van der Waals surface area contributed by atoms with Crippen molar-refractivity contribution in [3.63, 3.8) is 0 Å². The Kier molecular flexibility index (Phi) is 4.41. The second kappa shape index (κ2) is 6.73. The van der Waals surface area contributed by atoms with E-state index in [9.17, 15) is 0 Å². The predicted molar refractivity (Wildman–Crippen MR) is 110 cm³/mol. The first-order valence-corrected chi connectivity index (χ1v) is 9.47. The van der Waals surface area contributed by atoms with Crippen LogP contribution >= 0.6 is 0 Å². The highest BCUT2D eigenvalue weighted by molar-refractivity contribution is 5.90. The van der Waals surface area contributed by atoms with E-state index in [2.05, 4.69) is 78.8 Å². The molecule has 2 aromatic heterocycles. The van der Waals surface area contributed by atoms with Gasteiger partial charge in [0.2, 0.25) is 0 Å². The number of nitrogens with zero attached hydrogens (tertiary/aromatic N) is 3. The maximum atomic E-state index is 4.18. The van der Waals surface area contributed by atoms with E-state index >= 15 is 0 Å². The summed E-state index contributed by atoms with van der Waals surface area (Å²) in [5.41, 5.74) is 8.22. The molecule has 1 aromatic carbocycles. The lowest BCUT2D eigenvalue weighted by molar-refractivity contribution is 0.312. The number of hydrogen-bond acceptors (Lipinski definition) is 2. The van der Waals surface area contributed by atoms with Gasteiger partial charge in [-0.15, -0.1) is 0 Å². The Labute approximate surface area is 156 Å². The average Bonchev–Trinajstić information content (AvgIpc) is 2.92. The number of hydrogen-bond donors (Lipinski definition) is 0. The summed E-state index contributed by atoms with van der Waals surface area (Å²) in [6.45, 7) is 8.86. The van der Waals surface area contributed by atoms with Crippen molar-refractivity contribution < 1.29 is 0 Å². The highest BCUT2D eigenvalue weighted by Crippen LogP contribution is 2.34. The molecule has 0 unspecified atom stereocenters. The van der Waals surface area contributed by atoms with Gasteiger partial charge in [-0.1, -0.05) is 25.5 Å². The van der Waals surface area contributed by atoms with Gasteiger partial charge in [0.25, 0.3) is 0 Å². The van der Waals surface area contributed by atoms with E-state index in [0.29, 0.717) is 5.92 Å². The first-order valence-electron chi connectivity index (χ1n) is 9.47. The molecule has 0 atom stereocenters. The van der Waals surface area contributed by atoms with Crippen LogP contribution in [0.4, 0.5) is 0 Å². The van der Waals surface area contributed by atoms with Gasteiger partial charge in [0.05, 0.1) is 5.52 Å². The molecule has 0 fully saturated rings. The molecule has 3 aromatic rings. The molecule has 3 heteroatoms. The number of aromatic nitrogens is 2. The van der Waals surface area contributed by atoms with Crippen LogP contribution in [-0.2, 0) is 13.0 Å². The molecule has 1 aliphatic rings. The monoisotopic (exact) mass is 345 g/mol. The lowest BCUT2D eigenvalue weighted by Crippen LogP contribution is -2.26.